The lowest BCUT2D eigenvalue weighted by atomic mass is 10.2. The number of carbonyl (C=O) groups is 1. The van der Waals surface area contributed by atoms with E-state index in [-0.39, 0.29) is 16.3 Å². The number of ether oxygens (including phenoxy) is 1. The first-order valence-electron chi connectivity index (χ1n) is 3.43. The Labute approximate surface area is 91.9 Å². The number of aldehydes is 1. The molecule has 0 fully saturated rings. The fraction of sp³-hybridized carbons (Fsp3) is 0.125. The molecule has 0 aliphatic heterocycles. The van der Waals surface area contributed by atoms with E-state index in [0.29, 0.717) is 10.8 Å². The van der Waals surface area contributed by atoms with Gasteiger partial charge in [0.25, 0.3) is 0 Å². The van der Waals surface area contributed by atoms with Crippen LogP contribution in [0, 0.1) is 0 Å². The van der Waals surface area contributed by atoms with Crippen molar-refractivity contribution in [2.75, 3.05) is 0 Å². The van der Waals surface area contributed by atoms with Gasteiger partial charge < -0.3 is 4.74 Å². The largest absolute Gasteiger partial charge is 0.433 e. The smallest absolute Gasteiger partial charge is 0.387 e. The van der Waals surface area contributed by atoms with Gasteiger partial charge in [-0.05, 0) is 28.1 Å². The zero-order chi connectivity index (χ0) is 10.7. The number of benzene rings is 1. The van der Waals surface area contributed by atoms with Gasteiger partial charge in [-0.2, -0.15) is 8.78 Å². The summed E-state index contributed by atoms with van der Waals surface area (Å²) in [4.78, 5) is 10.4. The third kappa shape index (κ3) is 2.65. The third-order valence-electron chi connectivity index (χ3n) is 1.39. The quantitative estimate of drug-likeness (QED) is 0.794. The summed E-state index contributed by atoms with van der Waals surface area (Å²) in [6, 6.07) is 2.47. The van der Waals surface area contributed by atoms with Crippen LogP contribution in [-0.2, 0) is 0 Å². The van der Waals surface area contributed by atoms with E-state index in [1.165, 1.54) is 12.1 Å². The molecule has 1 rings (SSSR count). The van der Waals surface area contributed by atoms with Crippen LogP contribution in [0.4, 0.5) is 8.78 Å². The average Bonchev–Trinajstić information content (AvgIpc) is 2.10. The molecule has 1 aromatic carbocycles. The van der Waals surface area contributed by atoms with Crippen molar-refractivity contribution in [2.45, 2.75) is 6.61 Å². The highest BCUT2D eigenvalue weighted by atomic mass is 79.9. The highest BCUT2D eigenvalue weighted by Crippen LogP contribution is 2.31. The summed E-state index contributed by atoms with van der Waals surface area (Å²) in [6.07, 6.45) is 0.558. The van der Waals surface area contributed by atoms with E-state index in [9.17, 15) is 13.6 Å². The monoisotopic (exact) mass is 284 g/mol. The molecule has 0 amide bonds. The average molecular weight is 285 g/mol. The molecule has 2 nitrogen and oxygen atoms in total. The molecule has 0 aromatic heterocycles. The maximum atomic E-state index is 11.8. The molecule has 0 heterocycles. The van der Waals surface area contributed by atoms with Crippen molar-refractivity contribution >= 4 is 33.8 Å². The predicted molar refractivity (Wildman–Crippen MR) is 51.2 cm³/mol. The second-order valence-electron chi connectivity index (χ2n) is 2.30. The predicted octanol–water partition coefficient (Wildman–Crippen LogP) is 3.52. The number of hydrogen-bond donors (Lipinski definition) is 0. The van der Waals surface area contributed by atoms with Gasteiger partial charge >= 0.3 is 6.61 Å². The van der Waals surface area contributed by atoms with Crippen molar-refractivity contribution in [3.8, 4) is 5.75 Å². The molecule has 0 radical (unpaired) electrons. The number of alkyl halides is 2. The number of halogens is 4. The molecule has 0 unspecified atom stereocenters. The van der Waals surface area contributed by atoms with Crippen molar-refractivity contribution < 1.29 is 18.3 Å². The highest BCUT2D eigenvalue weighted by molar-refractivity contribution is 9.10. The van der Waals surface area contributed by atoms with Gasteiger partial charge in [-0.3, -0.25) is 4.79 Å². The molecule has 14 heavy (non-hydrogen) atoms. The van der Waals surface area contributed by atoms with Crippen LogP contribution in [0.5, 0.6) is 5.75 Å². The summed E-state index contributed by atoms with van der Waals surface area (Å²) in [6.45, 7) is -2.94. The minimum absolute atomic E-state index is 0.0319. The third-order valence-corrected chi connectivity index (χ3v) is 2.38. The summed E-state index contributed by atoms with van der Waals surface area (Å²) < 4.78 is 28.2. The Hall–Kier alpha value is -0.680. The van der Waals surface area contributed by atoms with Gasteiger partial charge in [0.05, 0.1) is 5.02 Å². The van der Waals surface area contributed by atoms with Crippen LogP contribution in [-0.4, -0.2) is 12.9 Å². The first-order chi connectivity index (χ1) is 6.54. The van der Waals surface area contributed by atoms with Gasteiger partial charge in [0, 0.05) is 10.0 Å². The molecule has 0 spiro atoms. The van der Waals surface area contributed by atoms with Gasteiger partial charge in [-0.1, -0.05) is 11.6 Å². The SMILES string of the molecule is O=Cc1cc(Cl)c(OC(F)F)cc1Br. The Balaban J connectivity index is 3.08. The van der Waals surface area contributed by atoms with Crippen LogP contribution in [0.1, 0.15) is 10.4 Å². The van der Waals surface area contributed by atoms with E-state index < -0.39 is 6.61 Å². The first kappa shape index (κ1) is 11.4. The summed E-state index contributed by atoms with van der Waals surface area (Å²) in [7, 11) is 0. The lowest BCUT2D eigenvalue weighted by Gasteiger charge is -2.07. The molecular weight excluding hydrogens is 281 g/mol. The zero-order valence-corrected chi connectivity index (χ0v) is 8.98. The molecule has 0 atom stereocenters. The number of carbonyl (C=O) groups excluding carboxylic acids is 1. The van der Waals surface area contributed by atoms with E-state index in [1.54, 1.807) is 0 Å². The maximum Gasteiger partial charge on any atom is 0.387 e. The minimum atomic E-state index is -2.94. The maximum absolute atomic E-state index is 11.8. The molecule has 0 bridgehead atoms. The van der Waals surface area contributed by atoms with Crippen molar-refractivity contribution in [1.82, 2.24) is 0 Å². The Morgan fingerprint density at radius 3 is 2.64 bits per heavy atom. The lowest BCUT2D eigenvalue weighted by molar-refractivity contribution is -0.0498. The molecule has 0 aliphatic rings. The molecule has 1 aromatic rings. The van der Waals surface area contributed by atoms with Gasteiger partial charge in [0.1, 0.15) is 5.75 Å². The van der Waals surface area contributed by atoms with E-state index in [4.69, 9.17) is 11.6 Å². The molecule has 76 valence electrons. The molecule has 0 N–H and O–H groups in total. The van der Waals surface area contributed by atoms with Crippen LogP contribution in [0.3, 0.4) is 0 Å². The molecule has 0 aliphatic carbocycles. The highest BCUT2D eigenvalue weighted by Gasteiger charge is 2.11. The standard InChI is InChI=1S/C8H4BrClF2O2/c9-5-2-7(14-8(11)12)6(10)1-4(5)3-13/h1-3,8H. The Bertz CT molecular complexity index is 357. The fourth-order valence-electron chi connectivity index (χ4n) is 0.821. The minimum Gasteiger partial charge on any atom is -0.433 e. The second-order valence-corrected chi connectivity index (χ2v) is 3.56. The van der Waals surface area contributed by atoms with Crippen molar-refractivity contribution in [3.05, 3.63) is 27.2 Å². The zero-order valence-electron chi connectivity index (χ0n) is 6.64. The van der Waals surface area contributed by atoms with Crippen LogP contribution >= 0.6 is 27.5 Å². The summed E-state index contributed by atoms with van der Waals surface area (Å²) in [5, 5.41) is -0.0319. The normalized spacial score (nSPS) is 10.4. The number of rotatable bonds is 3. The second kappa shape index (κ2) is 4.70. The Morgan fingerprint density at radius 2 is 2.14 bits per heavy atom. The van der Waals surface area contributed by atoms with Gasteiger partial charge in [0.15, 0.2) is 6.29 Å². The van der Waals surface area contributed by atoms with E-state index in [1.807, 2.05) is 0 Å². The van der Waals surface area contributed by atoms with Gasteiger partial charge in [-0.15, -0.1) is 0 Å². The molecular formula is C8H4BrClF2O2. The topological polar surface area (TPSA) is 26.3 Å². The molecule has 0 saturated heterocycles. The van der Waals surface area contributed by atoms with Crippen LogP contribution in [0.15, 0.2) is 16.6 Å². The van der Waals surface area contributed by atoms with Crippen molar-refractivity contribution in [1.29, 1.82) is 0 Å². The van der Waals surface area contributed by atoms with E-state index >= 15 is 0 Å². The summed E-state index contributed by atoms with van der Waals surface area (Å²) >= 11 is 8.60. The summed E-state index contributed by atoms with van der Waals surface area (Å²) in [5.41, 5.74) is 0.275. The Morgan fingerprint density at radius 1 is 1.50 bits per heavy atom. The van der Waals surface area contributed by atoms with Gasteiger partial charge in [0.2, 0.25) is 0 Å². The van der Waals surface area contributed by atoms with E-state index in [2.05, 4.69) is 20.7 Å². The summed E-state index contributed by atoms with van der Waals surface area (Å²) in [5.74, 6) is -0.167. The number of hydrogen-bond acceptors (Lipinski definition) is 2. The van der Waals surface area contributed by atoms with E-state index in [0.717, 1.165) is 0 Å². The van der Waals surface area contributed by atoms with Crippen molar-refractivity contribution in [3.63, 3.8) is 0 Å². The van der Waals surface area contributed by atoms with Gasteiger partial charge in [-0.25, -0.2) is 0 Å². The molecule has 0 saturated carbocycles. The van der Waals surface area contributed by atoms with Crippen LogP contribution in [0.25, 0.3) is 0 Å². The molecule has 6 heteroatoms. The Kier molecular flexibility index (Phi) is 3.83. The fourth-order valence-corrected chi connectivity index (χ4v) is 1.45. The van der Waals surface area contributed by atoms with Crippen LogP contribution in [0.2, 0.25) is 5.02 Å². The van der Waals surface area contributed by atoms with Crippen molar-refractivity contribution in [2.24, 2.45) is 0 Å². The lowest BCUT2D eigenvalue weighted by Crippen LogP contribution is -2.02. The first-order valence-corrected chi connectivity index (χ1v) is 4.60. The van der Waals surface area contributed by atoms with Crippen LogP contribution < -0.4 is 4.74 Å².